The van der Waals surface area contributed by atoms with Gasteiger partial charge in [0, 0.05) is 5.02 Å². The Morgan fingerprint density at radius 1 is 1.13 bits per heavy atom. The van der Waals surface area contributed by atoms with Gasteiger partial charge in [0.15, 0.2) is 6.10 Å². The van der Waals surface area contributed by atoms with Crippen molar-refractivity contribution >= 4 is 17.5 Å². The molecule has 0 radical (unpaired) electrons. The molecule has 120 valence electrons. The molecule has 0 spiro atoms. The van der Waals surface area contributed by atoms with Gasteiger partial charge in [-0.25, -0.2) is 0 Å². The van der Waals surface area contributed by atoms with Crippen LogP contribution in [0.5, 0.6) is 5.75 Å². The summed E-state index contributed by atoms with van der Waals surface area (Å²) in [6.07, 6.45) is 1.76. The maximum absolute atomic E-state index is 12.5. The fourth-order valence-electron chi connectivity index (χ4n) is 2.60. The Labute approximate surface area is 141 Å². The van der Waals surface area contributed by atoms with E-state index in [0.717, 1.165) is 18.4 Å². The summed E-state index contributed by atoms with van der Waals surface area (Å²) < 4.78 is 5.70. The van der Waals surface area contributed by atoms with Crippen molar-refractivity contribution in [3.8, 4) is 5.75 Å². The fraction of sp³-hybridized carbons (Fsp3) is 0.316. The van der Waals surface area contributed by atoms with Crippen molar-refractivity contribution in [3.63, 3.8) is 0 Å². The number of ether oxygens (including phenoxy) is 1. The van der Waals surface area contributed by atoms with E-state index in [1.807, 2.05) is 18.2 Å². The van der Waals surface area contributed by atoms with Gasteiger partial charge in [-0.1, -0.05) is 41.9 Å². The summed E-state index contributed by atoms with van der Waals surface area (Å²) in [5.41, 5.74) is 1.15. The Balaban J connectivity index is 1.63. The van der Waals surface area contributed by atoms with E-state index in [-0.39, 0.29) is 11.9 Å². The largest absolute Gasteiger partial charge is 0.481 e. The summed E-state index contributed by atoms with van der Waals surface area (Å²) in [7, 11) is 0. The highest BCUT2D eigenvalue weighted by molar-refractivity contribution is 6.30. The lowest BCUT2D eigenvalue weighted by atomic mass is 10.0. The number of nitrogens with one attached hydrogen (secondary N) is 1. The minimum atomic E-state index is -0.555. The van der Waals surface area contributed by atoms with Crippen LogP contribution in [0.3, 0.4) is 0 Å². The summed E-state index contributed by atoms with van der Waals surface area (Å²) in [4.78, 5) is 12.5. The minimum absolute atomic E-state index is 0.0694. The van der Waals surface area contributed by atoms with E-state index in [2.05, 4.69) is 17.4 Å². The number of carbonyl (C=O) groups excluding carboxylic acids is 1. The zero-order valence-electron chi connectivity index (χ0n) is 13.0. The molecular weight excluding hydrogens is 310 g/mol. The molecule has 1 saturated carbocycles. The van der Waals surface area contributed by atoms with Gasteiger partial charge < -0.3 is 10.1 Å². The highest BCUT2D eigenvalue weighted by Gasteiger charge is 2.34. The van der Waals surface area contributed by atoms with Crippen LogP contribution >= 0.6 is 11.6 Å². The molecule has 0 aromatic heterocycles. The van der Waals surface area contributed by atoms with Gasteiger partial charge in [-0.05, 0) is 55.5 Å². The Morgan fingerprint density at radius 3 is 2.39 bits per heavy atom. The monoisotopic (exact) mass is 329 g/mol. The Kier molecular flexibility index (Phi) is 4.87. The minimum Gasteiger partial charge on any atom is -0.481 e. The van der Waals surface area contributed by atoms with Crippen molar-refractivity contribution in [3.05, 3.63) is 65.2 Å². The number of carbonyl (C=O) groups is 1. The molecule has 0 heterocycles. The van der Waals surface area contributed by atoms with Crippen LogP contribution in [0, 0.1) is 5.92 Å². The summed E-state index contributed by atoms with van der Waals surface area (Å²) in [5, 5.41) is 3.78. The van der Waals surface area contributed by atoms with E-state index in [1.54, 1.807) is 31.2 Å². The van der Waals surface area contributed by atoms with E-state index >= 15 is 0 Å². The zero-order chi connectivity index (χ0) is 16.2. The Hall–Kier alpha value is -2.00. The van der Waals surface area contributed by atoms with Gasteiger partial charge >= 0.3 is 0 Å². The van der Waals surface area contributed by atoms with Crippen LogP contribution in [0.15, 0.2) is 54.6 Å². The van der Waals surface area contributed by atoms with E-state index < -0.39 is 6.10 Å². The summed E-state index contributed by atoms with van der Waals surface area (Å²) in [6, 6.07) is 17.2. The van der Waals surface area contributed by atoms with Crippen molar-refractivity contribution in [1.82, 2.24) is 5.32 Å². The lowest BCUT2D eigenvalue weighted by Gasteiger charge is -2.22. The quantitative estimate of drug-likeness (QED) is 0.854. The van der Waals surface area contributed by atoms with Gasteiger partial charge in [-0.15, -0.1) is 0 Å². The summed E-state index contributed by atoms with van der Waals surface area (Å²) in [5.74, 6) is 1.07. The van der Waals surface area contributed by atoms with Gasteiger partial charge in [0.1, 0.15) is 5.75 Å². The smallest absolute Gasteiger partial charge is 0.261 e. The van der Waals surface area contributed by atoms with Gasteiger partial charge in [-0.3, -0.25) is 4.79 Å². The zero-order valence-corrected chi connectivity index (χ0v) is 13.8. The first-order valence-electron chi connectivity index (χ1n) is 7.91. The van der Waals surface area contributed by atoms with Crippen LogP contribution in [-0.4, -0.2) is 12.0 Å². The van der Waals surface area contributed by atoms with Crippen LogP contribution in [0.4, 0.5) is 0 Å². The molecule has 2 aromatic carbocycles. The fourth-order valence-corrected chi connectivity index (χ4v) is 2.73. The Bertz CT molecular complexity index is 653. The number of hydrogen-bond acceptors (Lipinski definition) is 2. The molecule has 0 bridgehead atoms. The third-order valence-corrected chi connectivity index (χ3v) is 4.30. The molecular formula is C19H20ClNO2. The van der Waals surface area contributed by atoms with Gasteiger partial charge in [0.05, 0.1) is 6.04 Å². The molecule has 2 aromatic rings. The first-order valence-corrected chi connectivity index (χ1v) is 8.29. The lowest BCUT2D eigenvalue weighted by Crippen LogP contribution is -2.39. The van der Waals surface area contributed by atoms with Crippen molar-refractivity contribution in [2.45, 2.75) is 31.9 Å². The van der Waals surface area contributed by atoms with E-state index in [9.17, 15) is 4.79 Å². The molecule has 1 amide bonds. The van der Waals surface area contributed by atoms with E-state index in [1.165, 1.54) is 0 Å². The predicted octanol–water partition coefficient (Wildman–Crippen LogP) is 4.37. The van der Waals surface area contributed by atoms with Crippen molar-refractivity contribution in [2.24, 2.45) is 5.92 Å². The number of hydrogen-bond donors (Lipinski definition) is 1. The third-order valence-electron chi connectivity index (χ3n) is 4.05. The van der Waals surface area contributed by atoms with Crippen molar-refractivity contribution in [2.75, 3.05) is 0 Å². The SMILES string of the molecule is C[C@@H](Oc1ccc(Cl)cc1)C(=O)N[C@H](c1ccccc1)C1CC1. The second-order valence-corrected chi connectivity index (χ2v) is 6.38. The standard InChI is InChI=1S/C19H20ClNO2/c1-13(23-17-11-9-16(20)10-12-17)19(22)21-18(15-7-8-15)14-5-3-2-4-6-14/h2-6,9-13,15,18H,7-8H2,1H3,(H,21,22)/t13-,18-/m1/s1. The molecule has 4 heteroatoms. The van der Waals surface area contributed by atoms with Crippen LogP contribution in [0.1, 0.15) is 31.4 Å². The number of amides is 1. The second kappa shape index (κ2) is 7.05. The summed E-state index contributed by atoms with van der Waals surface area (Å²) >= 11 is 5.85. The van der Waals surface area contributed by atoms with E-state index in [4.69, 9.17) is 16.3 Å². The first-order chi connectivity index (χ1) is 11.1. The predicted molar refractivity (Wildman–Crippen MR) is 91.6 cm³/mol. The number of rotatable bonds is 6. The molecule has 3 nitrogen and oxygen atoms in total. The molecule has 0 saturated heterocycles. The van der Waals surface area contributed by atoms with Gasteiger partial charge in [0.2, 0.25) is 0 Å². The van der Waals surface area contributed by atoms with Crippen LogP contribution in [0.2, 0.25) is 5.02 Å². The molecule has 23 heavy (non-hydrogen) atoms. The molecule has 1 fully saturated rings. The molecule has 1 aliphatic rings. The maximum Gasteiger partial charge on any atom is 0.261 e. The van der Waals surface area contributed by atoms with Crippen LogP contribution in [0.25, 0.3) is 0 Å². The topological polar surface area (TPSA) is 38.3 Å². The molecule has 1 N–H and O–H groups in total. The van der Waals surface area contributed by atoms with Crippen LogP contribution in [-0.2, 0) is 4.79 Å². The summed E-state index contributed by atoms with van der Waals surface area (Å²) in [6.45, 7) is 1.76. The van der Waals surface area contributed by atoms with Crippen molar-refractivity contribution < 1.29 is 9.53 Å². The number of halogens is 1. The highest BCUT2D eigenvalue weighted by atomic mass is 35.5. The average molecular weight is 330 g/mol. The third kappa shape index (κ3) is 4.26. The maximum atomic E-state index is 12.5. The number of benzene rings is 2. The van der Waals surface area contributed by atoms with Crippen molar-refractivity contribution in [1.29, 1.82) is 0 Å². The molecule has 0 unspecified atom stereocenters. The molecule has 3 rings (SSSR count). The lowest BCUT2D eigenvalue weighted by molar-refractivity contribution is -0.128. The van der Waals surface area contributed by atoms with Gasteiger partial charge in [-0.2, -0.15) is 0 Å². The van der Waals surface area contributed by atoms with Gasteiger partial charge in [0.25, 0.3) is 5.91 Å². The molecule has 1 aliphatic carbocycles. The average Bonchev–Trinajstić information content (AvgIpc) is 3.40. The van der Waals surface area contributed by atoms with Crippen LogP contribution < -0.4 is 10.1 Å². The molecule has 2 atom stereocenters. The molecule has 0 aliphatic heterocycles. The first kappa shape index (κ1) is 15.9. The highest BCUT2D eigenvalue weighted by Crippen LogP contribution is 2.41. The van der Waals surface area contributed by atoms with E-state index in [0.29, 0.717) is 16.7 Å². The second-order valence-electron chi connectivity index (χ2n) is 5.95. The normalized spacial score (nSPS) is 16.4. The Morgan fingerprint density at radius 2 is 1.78 bits per heavy atom.